The lowest BCUT2D eigenvalue weighted by Gasteiger charge is -2.21. The molecule has 0 bridgehead atoms. The summed E-state index contributed by atoms with van der Waals surface area (Å²) in [5, 5.41) is 13.6. The van der Waals surface area contributed by atoms with Gasteiger partial charge >= 0.3 is 5.69 Å². The number of ether oxygens (including phenoxy) is 1. The number of carbonyl (C=O) groups is 3. The molecule has 9 nitrogen and oxygen atoms in total. The molecule has 27 heavy (non-hydrogen) atoms. The zero-order valence-electron chi connectivity index (χ0n) is 14.5. The maximum Gasteiger partial charge on any atom is 0.312 e. The summed E-state index contributed by atoms with van der Waals surface area (Å²) in [6, 6.07) is 9.13. The minimum Gasteiger partial charge on any atom is -0.490 e. The van der Waals surface area contributed by atoms with Gasteiger partial charge in [-0.05, 0) is 31.2 Å². The van der Waals surface area contributed by atoms with Crippen LogP contribution in [-0.4, -0.2) is 40.7 Å². The maximum absolute atomic E-state index is 12.5. The SMILES string of the molecule is COc1ccc(NC(=O)C(C)N2C(=O)c3ccccc3C2=O)cc1[N+](=O)[O-]. The van der Waals surface area contributed by atoms with E-state index in [0.29, 0.717) is 0 Å². The number of anilines is 1. The molecule has 1 atom stereocenters. The third-order valence-corrected chi connectivity index (χ3v) is 4.24. The second kappa shape index (κ2) is 6.87. The molecule has 1 N–H and O–H groups in total. The van der Waals surface area contributed by atoms with E-state index >= 15 is 0 Å². The summed E-state index contributed by atoms with van der Waals surface area (Å²) in [6.45, 7) is 1.41. The highest BCUT2D eigenvalue weighted by Crippen LogP contribution is 2.30. The number of benzene rings is 2. The van der Waals surface area contributed by atoms with Crippen molar-refractivity contribution in [1.82, 2.24) is 4.90 Å². The van der Waals surface area contributed by atoms with Crippen LogP contribution in [0.2, 0.25) is 0 Å². The van der Waals surface area contributed by atoms with Crippen molar-refractivity contribution in [2.24, 2.45) is 0 Å². The number of nitrogens with one attached hydrogen (secondary N) is 1. The molecule has 138 valence electrons. The lowest BCUT2D eigenvalue weighted by molar-refractivity contribution is -0.385. The van der Waals surface area contributed by atoms with Gasteiger partial charge in [0.25, 0.3) is 11.8 Å². The van der Waals surface area contributed by atoms with Crippen LogP contribution in [0.25, 0.3) is 0 Å². The predicted molar refractivity (Wildman–Crippen MR) is 94.7 cm³/mol. The fourth-order valence-electron chi connectivity index (χ4n) is 2.83. The molecule has 0 fully saturated rings. The van der Waals surface area contributed by atoms with Gasteiger partial charge < -0.3 is 10.1 Å². The number of fused-ring (bicyclic) bond motifs is 1. The van der Waals surface area contributed by atoms with Crippen LogP contribution in [0.1, 0.15) is 27.6 Å². The largest absolute Gasteiger partial charge is 0.490 e. The van der Waals surface area contributed by atoms with Crippen molar-refractivity contribution < 1.29 is 24.0 Å². The first kappa shape index (κ1) is 18.1. The van der Waals surface area contributed by atoms with Crippen LogP contribution in [0.15, 0.2) is 42.5 Å². The zero-order chi connectivity index (χ0) is 19.7. The van der Waals surface area contributed by atoms with Gasteiger partial charge in [0.2, 0.25) is 5.91 Å². The third-order valence-electron chi connectivity index (χ3n) is 4.24. The van der Waals surface area contributed by atoms with E-state index in [4.69, 9.17) is 4.74 Å². The Morgan fingerprint density at radius 2 is 1.74 bits per heavy atom. The average Bonchev–Trinajstić information content (AvgIpc) is 2.92. The molecule has 0 aromatic heterocycles. The Morgan fingerprint density at radius 3 is 2.26 bits per heavy atom. The fraction of sp³-hybridized carbons (Fsp3) is 0.167. The van der Waals surface area contributed by atoms with Crippen molar-refractivity contribution in [2.75, 3.05) is 12.4 Å². The second-order valence-electron chi connectivity index (χ2n) is 5.83. The van der Waals surface area contributed by atoms with Crippen molar-refractivity contribution in [3.8, 4) is 5.75 Å². The van der Waals surface area contributed by atoms with E-state index in [1.165, 1.54) is 38.3 Å². The van der Waals surface area contributed by atoms with Crippen LogP contribution in [0, 0.1) is 10.1 Å². The number of imide groups is 1. The summed E-state index contributed by atoms with van der Waals surface area (Å²) in [5.74, 6) is -1.71. The van der Waals surface area contributed by atoms with Crippen LogP contribution in [0.4, 0.5) is 11.4 Å². The quantitative estimate of drug-likeness (QED) is 0.490. The first-order chi connectivity index (χ1) is 12.8. The minimum atomic E-state index is -1.10. The van der Waals surface area contributed by atoms with Gasteiger partial charge in [0, 0.05) is 11.8 Å². The van der Waals surface area contributed by atoms with Gasteiger partial charge in [-0.25, -0.2) is 0 Å². The Hall–Kier alpha value is -3.75. The Labute approximate surface area is 153 Å². The highest BCUT2D eigenvalue weighted by atomic mass is 16.6. The lowest BCUT2D eigenvalue weighted by atomic mass is 10.1. The molecule has 3 rings (SSSR count). The molecule has 0 spiro atoms. The van der Waals surface area contributed by atoms with E-state index in [1.807, 2.05) is 0 Å². The Balaban J connectivity index is 1.81. The molecule has 0 saturated carbocycles. The van der Waals surface area contributed by atoms with Crippen LogP contribution in [-0.2, 0) is 4.79 Å². The molecule has 0 radical (unpaired) electrons. The Bertz CT molecular complexity index is 936. The molecule has 3 amide bonds. The number of rotatable bonds is 5. The topological polar surface area (TPSA) is 119 Å². The minimum absolute atomic E-state index is 0.0476. The van der Waals surface area contributed by atoms with Gasteiger partial charge in [0.05, 0.1) is 23.2 Å². The van der Waals surface area contributed by atoms with Crippen LogP contribution < -0.4 is 10.1 Å². The van der Waals surface area contributed by atoms with E-state index in [1.54, 1.807) is 12.1 Å². The van der Waals surface area contributed by atoms with Gasteiger partial charge in [-0.3, -0.25) is 29.4 Å². The van der Waals surface area contributed by atoms with E-state index < -0.39 is 28.7 Å². The van der Waals surface area contributed by atoms with Gasteiger partial charge in [-0.15, -0.1) is 0 Å². The van der Waals surface area contributed by atoms with Crippen molar-refractivity contribution in [3.05, 3.63) is 63.7 Å². The summed E-state index contributed by atoms with van der Waals surface area (Å²) in [4.78, 5) is 48.7. The van der Waals surface area contributed by atoms with E-state index in [-0.39, 0.29) is 28.3 Å². The number of hydrogen-bond acceptors (Lipinski definition) is 6. The van der Waals surface area contributed by atoms with E-state index in [9.17, 15) is 24.5 Å². The summed E-state index contributed by atoms with van der Waals surface area (Å²) in [7, 11) is 1.30. The molecule has 2 aromatic carbocycles. The molecule has 1 aliphatic heterocycles. The van der Waals surface area contributed by atoms with Crippen molar-refractivity contribution in [3.63, 3.8) is 0 Å². The first-order valence-corrected chi connectivity index (χ1v) is 7.95. The number of carbonyl (C=O) groups excluding carboxylic acids is 3. The van der Waals surface area contributed by atoms with Gasteiger partial charge in [0.1, 0.15) is 6.04 Å². The normalized spacial score (nSPS) is 13.9. The molecule has 1 aliphatic rings. The van der Waals surface area contributed by atoms with Crippen LogP contribution >= 0.6 is 0 Å². The number of nitro groups is 1. The molecule has 9 heteroatoms. The number of nitro benzene ring substituents is 1. The number of amides is 3. The fourth-order valence-corrected chi connectivity index (χ4v) is 2.83. The second-order valence-corrected chi connectivity index (χ2v) is 5.83. The Kier molecular flexibility index (Phi) is 4.59. The molecule has 0 saturated heterocycles. The van der Waals surface area contributed by atoms with Crippen LogP contribution in [0.3, 0.4) is 0 Å². The average molecular weight is 369 g/mol. The summed E-state index contributed by atoms with van der Waals surface area (Å²) in [6.07, 6.45) is 0. The summed E-state index contributed by atoms with van der Waals surface area (Å²) >= 11 is 0. The smallest absolute Gasteiger partial charge is 0.312 e. The molecule has 1 heterocycles. The van der Waals surface area contributed by atoms with Gasteiger partial charge in [-0.1, -0.05) is 12.1 Å². The zero-order valence-corrected chi connectivity index (χ0v) is 14.5. The molecule has 1 unspecified atom stereocenters. The molecular formula is C18H15N3O6. The van der Waals surface area contributed by atoms with Gasteiger partial charge in [0.15, 0.2) is 5.75 Å². The Morgan fingerprint density at radius 1 is 1.15 bits per heavy atom. The highest BCUT2D eigenvalue weighted by molar-refractivity contribution is 6.23. The van der Waals surface area contributed by atoms with E-state index in [2.05, 4.69) is 5.32 Å². The maximum atomic E-state index is 12.5. The van der Waals surface area contributed by atoms with Crippen molar-refractivity contribution in [1.29, 1.82) is 0 Å². The summed E-state index contributed by atoms with van der Waals surface area (Å²) in [5.41, 5.74) is 0.309. The van der Waals surface area contributed by atoms with Crippen LogP contribution in [0.5, 0.6) is 5.75 Å². The third kappa shape index (κ3) is 3.10. The van der Waals surface area contributed by atoms with Gasteiger partial charge in [-0.2, -0.15) is 0 Å². The molecule has 0 aliphatic carbocycles. The van der Waals surface area contributed by atoms with E-state index in [0.717, 1.165) is 11.0 Å². The monoisotopic (exact) mass is 369 g/mol. The summed E-state index contributed by atoms with van der Waals surface area (Å²) < 4.78 is 4.91. The lowest BCUT2D eigenvalue weighted by Crippen LogP contribution is -2.45. The number of nitrogens with zero attached hydrogens (tertiary/aromatic N) is 2. The van der Waals surface area contributed by atoms with Crippen molar-refractivity contribution >= 4 is 29.1 Å². The highest BCUT2D eigenvalue weighted by Gasteiger charge is 2.40. The standard InChI is InChI=1S/C18H15N3O6/c1-10(20-17(23)12-5-3-4-6-13(12)18(20)24)16(22)19-11-7-8-15(27-2)14(9-11)21(25)26/h3-10H,1-2H3,(H,19,22). The number of hydrogen-bond donors (Lipinski definition) is 1. The van der Waals surface area contributed by atoms with Crippen molar-refractivity contribution in [2.45, 2.75) is 13.0 Å². The number of methoxy groups -OCH3 is 1. The predicted octanol–water partition coefficient (Wildman–Crippen LogP) is 2.23. The first-order valence-electron chi connectivity index (χ1n) is 7.95. The molecule has 2 aromatic rings. The molecular weight excluding hydrogens is 354 g/mol.